The van der Waals surface area contributed by atoms with Crippen LogP contribution in [0.25, 0.3) is 11.1 Å². The van der Waals surface area contributed by atoms with Crippen molar-refractivity contribution in [2.24, 2.45) is 0 Å². The lowest BCUT2D eigenvalue weighted by atomic mass is 10.2. The van der Waals surface area contributed by atoms with Crippen LogP contribution in [0.3, 0.4) is 0 Å². The fourth-order valence-corrected chi connectivity index (χ4v) is 3.51. The zero-order valence-corrected chi connectivity index (χ0v) is 14.5. The Morgan fingerprint density at radius 3 is 2.54 bits per heavy atom. The number of benzene rings is 1. The molecule has 130 valence electrons. The molecule has 24 heavy (non-hydrogen) atoms. The van der Waals surface area contributed by atoms with Crippen molar-refractivity contribution in [3.05, 3.63) is 29.7 Å². The molecule has 1 aromatic carbocycles. The van der Waals surface area contributed by atoms with Gasteiger partial charge in [0.15, 0.2) is 5.58 Å². The molecule has 2 aromatic rings. The number of likely N-dealkylation sites (N-methyl/N-ethyl adjacent to an activating group) is 1. The maximum Gasteiger partial charge on any atom is 0.209 e. The van der Waals surface area contributed by atoms with Crippen molar-refractivity contribution in [2.75, 3.05) is 59.4 Å². The molecule has 2 aliphatic heterocycles. The number of piperazine rings is 2. The van der Waals surface area contributed by atoms with Crippen LogP contribution < -0.4 is 5.32 Å². The zero-order valence-electron chi connectivity index (χ0n) is 14.5. The van der Waals surface area contributed by atoms with Crippen LogP contribution in [-0.2, 0) is 13.1 Å². The van der Waals surface area contributed by atoms with Crippen LogP contribution in [0, 0.1) is 0 Å². The van der Waals surface area contributed by atoms with Crippen molar-refractivity contribution < 1.29 is 4.42 Å². The predicted molar refractivity (Wildman–Crippen MR) is 94.9 cm³/mol. The minimum absolute atomic E-state index is 0.810. The van der Waals surface area contributed by atoms with E-state index in [-0.39, 0.29) is 0 Å². The molecule has 0 amide bonds. The number of oxazole rings is 1. The minimum Gasteiger partial charge on any atom is -0.439 e. The molecule has 4 rings (SSSR count). The van der Waals surface area contributed by atoms with Crippen LogP contribution in [0.15, 0.2) is 22.6 Å². The summed E-state index contributed by atoms with van der Waals surface area (Å²) < 4.78 is 5.94. The second kappa shape index (κ2) is 7.19. The molecule has 2 aliphatic rings. The van der Waals surface area contributed by atoms with E-state index in [2.05, 4.69) is 45.3 Å². The van der Waals surface area contributed by atoms with Crippen LogP contribution in [0.5, 0.6) is 0 Å². The van der Waals surface area contributed by atoms with Gasteiger partial charge in [-0.25, -0.2) is 4.98 Å². The monoisotopic (exact) mass is 329 g/mol. The highest BCUT2D eigenvalue weighted by molar-refractivity contribution is 5.73. The van der Waals surface area contributed by atoms with Crippen LogP contribution in [0.2, 0.25) is 0 Å². The molecule has 0 radical (unpaired) electrons. The van der Waals surface area contributed by atoms with Gasteiger partial charge in [-0.3, -0.25) is 9.80 Å². The maximum atomic E-state index is 5.94. The second-order valence-corrected chi connectivity index (χ2v) is 7.02. The Morgan fingerprint density at radius 1 is 1.00 bits per heavy atom. The first-order valence-electron chi connectivity index (χ1n) is 8.98. The standard InChI is InChI=1S/C18H27N5O/c1-21-8-10-23(11-9-21)13-15-2-3-17-16(12-15)20-18(24-17)14-22-6-4-19-5-7-22/h2-3,12,19H,4-11,13-14H2,1H3. The molecule has 3 heterocycles. The molecular weight excluding hydrogens is 302 g/mol. The lowest BCUT2D eigenvalue weighted by molar-refractivity contribution is 0.148. The summed E-state index contributed by atoms with van der Waals surface area (Å²) in [6.45, 7) is 10.6. The average molecular weight is 329 g/mol. The Balaban J connectivity index is 1.42. The summed E-state index contributed by atoms with van der Waals surface area (Å²) in [5, 5.41) is 3.38. The van der Waals surface area contributed by atoms with Crippen molar-refractivity contribution in [3.8, 4) is 0 Å². The fraction of sp³-hybridized carbons (Fsp3) is 0.611. The van der Waals surface area contributed by atoms with Crippen molar-refractivity contribution in [3.63, 3.8) is 0 Å². The molecular formula is C18H27N5O. The number of hydrogen-bond acceptors (Lipinski definition) is 6. The smallest absolute Gasteiger partial charge is 0.209 e. The molecule has 0 saturated carbocycles. The summed E-state index contributed by atoms with van der Waals surface area (Å²) in [6.07, 6.45) is 0. The van der Waals surface area contributed by atoms with Crippen LogP contribution in [0.4, 0.5) is 0 Å². The third-order valence-corrected chi connectivity index (χ3v) is 5.07. The third kappa shape index (κ3) is 3.78. The molecule has 0 atom stereocenters. The number of nitrogens with zero attached hydrogens (tertiary/aromatic N) is 4. The summed E-state index contributed by atoms with van der Waals surface area (Å²) in [7, 11) is 2.19. The first kappa shape index (κ1) is 16.0. The highest BCUT2D eigenvalue weighted by Gasteiger charge is 2.16. The summed E-state index contributed by atoms with van der Waals surface area (Å²) in [5.74, 6) is 0.837. The minimum atomic E-state index is 0.810. The highest BCUT2D eigenvalue weighted by atomic mass is 16.3. The molecule has 0 unspecified atom stereocenters. The number of rotatable bonds is 4. The van der Waals surface area contributed by atoms with Crippen molar-refractivity contribution in [1.82, 2.24) is 25.0 Å². The zero-order chi connectivity index (χ0) is 16.4. The van der Waals surface area contributed by atoms with E-state index < -0.39 is 0 Å². The van der Waals surface area contributed by atoms with E-state index in [0.29, 0.717) is 0 Å². The molecule has 2 fully saturated rings. The van der Waals surface area contributed by atoms with Crippen LogP contribution >= 0.6 is 0 Å². The van der Waals surface area contributed by atoms with E-state index in [1.54, 1.807) is 0 Å². The number of fused-ring (bicyclic) bond motifs is 1. The van der Waals surface area contributed by atoms with E-state index in [4.69, 9.17) is 9.40 Å². The molecule has 0 bridgehead atoms. The Hall–Kier alpha value is -1.47. The van der Waals surface area contributed by atoms with Gasteiger partial charge in [-0.05, 0) is 24.7 Å². The van der Waals surface area contributed by atoms with Gasteiger partial charge in [-0.2, -0.15) is 0 Å². The Morgan fingerprint density at radius 2 is 1.75 bits per heavy atom. The van der Waals surface area contributed by atoms with Crippen molar-refractivity contribution in [2.45, 2.75) is 13.1 Å². The Kier molecular flexibility index (Phi) is 4.80. The summed E-state index contributed by atoms with van der Waals surface area (Å²) in [5.41, 5.74) is 3.23. The van der Waals surface area contributed by atoms with Gasteiger partial charge in [-0.1, -0.05) is 6.07 Å². The van der Waals surface area contributed by atoms with E-state index in [1.807, 2.05) is 0 Å². The first-order chi connectivity index (χ1) is 11.8. The molecule has 6 heteroatoms. The summed E-state index contributed by atoms with van der Waals surface area (Å²) >= 11 is 0. The van der Waals surface area contributed by atoms with Gasteiger partial charge in [-0.15, -0.1) is 0 Å². The summed E-state index contributed by atoms with van der Waals surface area (Å²) in [6, 6.07) is 6.45. The van der Waals surface area contributed by atoms with Crippen LogP contribution in [-0.4, -0.2) is 79.1 Å². The molecule has 0 spiro atoms. The van der Waals surface area contributed by atoms with Gasteiger partial charge >= 0.3 is 0 Å². The Labute approximate surface area is 143 Å². The normalized spacial score (nSPS) is 21.5. The maximum absolute atomic E-state index is 5.94. The fourth-order valence-electron chi connectivity index (χ4n) is 3.51. The number of hydrogen-bond donors (Lipinski definition) is 1. The quantitative estimate of drug-likeness (QED) is 0.902. The van der Waals surface area contributed by atoms with Crippen molar-refractivity contribution >= 4 is 11.1 Å². The predicted octanol–water partition coefficient (Wildman–Crippen LogP) is 0.980. The number of nitrogens with one attached hydrogen (secondary N) is 1. The SMILES string of the molecule is CN1CCN(Cc2ccc3oc(CN4CCNCC4)nc3c2)CC1. The van der Waals surface area contributed by atoms with Gasteiger partial charge in [0, 0.05) is 58.9 Å². The largest absolute Gasteiger partial charge is 0.439 e. The number of aromatic nitrogens is 1. The van der Waals surface area contributed by atoms with E-state index in [0.717, 1.165) is 82.4 Å². The van der Waals surface area contributed by atoms with E-state index >= 15 is 0 Å². The molecule has 2 saturated heterocycles. The van der Waals surface area contributed by atoms with Gasteiger partial charge in [0.25, 0.3) is 0 Å². The van der Waals surface area contributed by atoms with Gasteiger partial charge < -0.3 is 14.6 Å². The van der Waals surface area contributed by atoms with Gasteiger partial charge in [0.1, 0.15) is 5.52 Å². The average Bonchev–Trinajstić information content (AvgIpc) is 2.99. The van der Waals surface area contributed by atoms with E-state index in [1.165, 1.54) is 5.56 Å². The Bertz CT molecular complexity index is 671. The second-order valence-electron chi connectivity index (χ2n) is 7.02. The lowest BCUT2D eigenvalue weighted by Crippen LogP contribution is -2.43. The molecule has 0 aliphatic carbocycles. The lowest BCUT2D eigenvalue weighted by Gasteiger charge is -2.32. The van der Waals surface area contributed by atoms with Gasteiger partial charge in [0.2, 0.25) is 5.89 Å². The first-order valence-corrected chi connectivity index (χ1v) is 8.98. The highest BCUT2D eigenvalue weighted by Crippen LogP contribution is 2.19. The van der Waals surface area contributed by atoms with Crippen molar-refractivity contribution in [1.29, 1.82) is 0 Å². The molecule has 6 nitrogen and oxygen atoms in total. The summed E-state index contributed by atoms with van der Waals surface area (Å²) in [4.78, 5) is 12.0. The molecule has 1 N–H and O–H groups in total. The topological polar surface area (TPSA) is 47.8 Å². The van der Waals surface area contributed by atoms with E-state index in [9.17, 15) is 0 Å². The third-order valence-electron chi connectivity index (χ3n) is 5.07. The van der Waals surface area contributed by atoms with Gasteiger partial charge in [0.05, 0.1) is 6.54 Å². The van der Waals surface area contributed by atoms with Crippen LogP contribution in [0.1, 0.15) is 11.5 Å². The molecule has 1 aromatic heterocycles.